The topological polar surface area (TPSA) is 64.7 Å². The summed E-state index contributed by atoms with van der Waals surface area (Å²) in [6.45, 7) is 13.9. The Kier molecular flexibility index (Phi) is 8.15. The number of rotatable bonds is 4. The molecule has 0 aliphatic carbocycles. The summed E-state index contributed by atoms with van der Waals surface area (Å²) in [4.78, 5) is 10.4. The first-order valence-corrected chi connectivity index (χ1v) is 8.35. The van der Waals surface area contributed by atoms with Gasteiger partial charge in [-0.15, -0.1) is 0 Å². The smallest absolute Gasteiger partial charge is 0.270 e. The molecule has 0 bridgehead atoms. The van der Waals surface area contributed by atoms with Crippen molar-refractivity contribution < 1.29 is 9.66 Å². The zero-order chi connectivity index (χ0) is 19.0. The Morgan fingerprint density at radius 3 is 2.56 bits per heavy atom. The highest BCUT2D eigenvalue weighted by Gasteiger charge is 2.28. The fraction of sp³-hybridized carbons (Fsp3) is 0.316. The number of thiol groups is 1. The lowest BCUT2D eigenvalue weighted by atomic mass is 9.95. The number of ether oxygens (including phenoxy) is 1. The van der Waals surface area contributed by atoms with Crippen LogP contribution in [0.3, 0.4) is 0 Å². The highest BCUT2D eigenvalue weighted by molar-refractivity contribution is 7.79. The number of nitro groups is 1. The molecule has 0 saturated carbocycles. The highest BCUT2D eigenvalue weighted by atomic mass is 32.1. The van der Waals surface area contributed by atoms with Gasteiger partial charge < -0.3 is 4.74 Å². The molecule has 0 saturated heterocycles. The van der Waals surface area contributed by atoms with E-state index in [4.69, 9.17) is 4.74 Å². The highest BCUT2D eigenvalue weighted by Crippen LogP contribution is 2.33. The van der Waals surface area contributed by atoms with Gasteiger partial charge in [0.25, 0.3) is 5.69 Å². The van der Waals surface area contributed by atoms with Gasteiger partial charge in [-0.05, 0) is 30.4 Å². The van der Waals surface area contributed by atoms with Gasteiger partial charge in [-0.2, -0.15) is 0 Å². The second-order valence-electron chi connectivity index (χ2n) is 6.13. The Hall–Kier alpha value is -2.34. The third-order valence-electron chi connectivity index (χ3n) is 3.17. The predicted molar refractivity (Wildman–Crippen MR) is 107 cm³/mol. The number of nitrogens with zero attached hydrogens (tertiary/aromatic N) is 2. The van der Waals surface area contributed by atoms with E-state index in [0.29, 0.717) is 23.4 Å². The summed E-state index contributed by atoms with van der Waals surface area (Å²) >= 11 is 3.96. The molecular weight excluding hydrogens is 336 g/mol. The average molecular weight is 360 g/mol. The summed E-state index contributed by atoms with van der Waals surface area (Å²) in [5.41, 5.74) is 2.10. The molecule has 0 N–H and O–H groups in total. The van der Waals surface area contributed by atoms with Crippen molar-refractivity contribution in [2.24, 2.45) is 10.3 Å². The maximum absolute atomic E-state index is 10.9. The summed E-state index contributed by atoms with van der Waals surface area (Å²) < 4.78 is 9.82. The van der Waals surface area contributed by atoms with Crippen molar-refractivity contribution in [2.75, 3.05) is 0 Å². The van der Waals surface area contributed by atoms with Crippen molar-refractivity contribution in [3.05, 3.63) is 70.8 Å². The van der Waals surface area contributed by atoms with E-state index in [1.807, 2.05) is 6.08 Å². The van der Waals surface area contributed by atoms with Gasteiger partial charge in [0.2, 0.25) is 0 Å². The average Bonchev–Trinajstić information content (AvgIpc) is 2.57. The molecule has 134 valence electrons. The van der Waals surface area contributed by atoms with Gasteiger partial charge in [0.1, 0.15) is 11.9 Å². The molecule has 1 atom stereocenters. The molecule has 0 radical (unpaired) electrons. The van der Waals surface area contributed by atoms with Gasteiger partial charge in [-0.3, -0.25) is 10.1 Å². The monoisotopic (exact) mass is 360 g/mol. The summed E-state index contributed by atoms with van der Waals surface area (Å²) in [6, 6.07) is 4.43. The van der Waals surface area contributed by atoms with E-state index in [1.54, 1.807) is 18.2 Å². The lowest BCUT2D eigenvalue weighted by Gasteiger charge is -2.27. The molecule has 6 heteroatoms. The van der Waals surface area contributed by atoms with Crippen LogP contribution in [0.5, 0.6) is 5.75 Å². The Morgan fingerprint density at radius 1 is 1.44 bits per heavy atom. The molecule has 2 rings (SSSR count). The molecular formula is C19H24N2O3S. The molecule has 1 aliphatic heterocycles. The second kappa shape index (κ2) is 9.84. The van der Waals surface area contributed by atoms with Gasteiger partial charge >= 0.3 is 0 Å². The van der Waals surface area contributed by atoms with Gasteiger partial charge in [-0.1, -0.05) is 52.2 Å². The van der Waals surface area contributed by atoms with E-state index < -0.39 is 4.92 Å². The zero-order valence-electron chi connectivity index (χ0n) is 14.8. The molecule has 0 spiro atoms. The van der Waals surface area contributed by atoms with Crippen molar-refractivity contribution in [1.29, 1.82) is 0 Å². The number of allylic oxidation sites excluding steroid dienone is 2. The predicted octanol–water partition coefficient (Wildman–Crippen LogP) is 5.34. The third-order valence-corrected chi connectivity index (χ3v) is 3.41. The number of nitro benzene ring substituents is 1. The van der Waals surface area contributed by atoms with E-state index in [9.17, 15) is 10.1 Å². The molecule has 0 amide bonds. The SMILES string of the molecule is C=C/C=C(\C=C)C1C/C(=N\S)c2cc([N+](=O)[O-])ccc2O1.CC(C)C. The first-order valence-electron chi connectivity index (χ1n) is 7.95. The first kappa shape index (κ1) is 20.7. The van der Waals surface area contributed by atoms with Crippen LogP contribution >= 0.6 is 12.8 Å². The number of fused-ring (bicyclic) bond motifs is 1. The Morgan fingerprint density at radius 2 is 2.08 bits per heavy atom. The number of benzene rings is 1. The second-order valence-corrected chi connectivity index (χ2v) is 6.33. The lowest BCUT2D eigenvalue weighted by Crippen LogP contribution is -2.28. The molecule has 25 heavy (non-hydrogen) atoms. The van der Waals surface area contributed by atoms with Crippen LogP contribution < -0.4 is 4.74 Å². The normalized spacial score (nSPS) is 17.9. The van der Waals surface area contributed by atoms with Crippen molar-refractivity contribution >= 4 is 24.2 Å². The number of non-ortho nitro benzene ring substituents is 1. The van der Waals surface area contributed by atoms with Gasteiger partial charge in [0.05, 0.1) is 10.6 Å². The van der Waals surface area contributed by atoms with Crippen LogP contribution in [0.25, 0.3) is 0 Å². The van der Waals surface area contributed by atoms with Crippen LogP contribution in [-0.4, -0.2) is 16.7 Å². The molecule has 1 unspecified atom stereocenters. The number of hydrogen-bond donors (Lipinski definition) is 1. The van der Waals surface area contributed by atoms with Crippen LogP contribution in [0.4, 0.5) is 5.69 Å². The van der Waals surface area contributed by atoms with Crippen LogP contribution in [0.1, 0.15) is 32.8 Å². The van der Waals surface area contributed by atoms with Crippen LogP contribution in [0.15, 0.2) is 59.6 Å². The van der Waals surface area contributed by atoms with Gasteiger partial charge in [0, 0.05) is 24.1 Å². The third kappa shape index (κ3) is 5.90. The standard InChI is InChI=1S/C15H14N2O3S.C4H10/c1-3-5-10(4-2)15-9-13(16-21)12-8-11(17(18)19)6-7-14(12)20-15;1-4(2)3/h3-8,15,21H,1-2,9H2;4H,1-3H3/b10-5+,16-13+;. The maximum Gasteiger partial charge on any atom is 0.270 e. The summed E-state index contributed by atoms with van der Waals surface area (Å²) in [5, 5.41) is 10.9. The maximum atomic E-state index is 10.9. The lowest BCUT2D eigenvalue weighted by molar-refractivity contribution is -0.384. The van der Waals surface area contributed by atoms with Crippen molar-refractivity contribution in [2.45, 2.75) is 33.3 Å². The Labute approximate surface area is 154 Å². The quantitative estimate of drug-likeness (QED) is 0.341. The molecule has 5 nitrogen and oxygen atoms in total. The minimum atomic E-state index is -0.449. The molecule has 0 aromatic heterocycles. The van der Waals surface area contributed by atoms with Gasteiger partial charge in [-0.25, -0.2) is 4.40 Å². The molecule has 1 heterocycles. The molecule has 0 fully saturated rings. The van der Waals surface area contributed by atoms with Crippen LogP contribution in [-0.2, 0) is 0 Å². The van der Waals surface area contributed by atoms with E-state index in [1.165, 1.54) is 12.1 Å². The fourth-order valence-electron chi connectivity index (χ4n) is 2.16. The van der Waals surface area contributed by atoms with E-state index >= 15 is 0 Å². The summed E-state index contributed by atoms with van der Waals surface area (Å²) in [7, 11) is 0. The van der Waals surface area contributed by atoms with Crippen molar-refractivity contribution in [3.8, 4) is 5.75 Å². The van der Waals surface area contributed by atoms with Crippen LogP contribution in [0.2, 0.25) is 0 Å². The van der Waals surface area contributed by atoms with E-state index in [0.717, 1.165) is 11.5 Å². The Bertz CT molecular complexity index is 706. The van der Waals surface area contributed by atoms with Crippen molar-refractivity contribution in [1.82, 2.24) is 0 Å². The van der Waals surface area contributed by atoms with Crippen LogP contribution in [0, 0.1) is 16.0 Å². The first-order chi connectivity index (χ1) is 11.8. The van der Waals surface area contributed by atoms with Crippen molar-refractivity contribution in [3.63, 3.8) is 0 Å². The molecule has 1 aromatic rings. The summed E-state index contributed by atoms with van der Waals surface area (Å²) in [6.07, 6.45) is 5.36. The largest absolute Gasteiger partial charge is 0.485 e. The molecule has 1 aromatic carbocycles. The van der Waals surface area contributed by atoms with E-state index in [-0.39, 0.29) is 11.8 Å². The van der Waals surface area contributed by atoms with E-state index in [2.05, 4.69) is 51.1 Å². The van der Waals surface area contributed by atoms with Gasteiger partial charge in [0.15, 0.2) is 0 Å². The Balaban J connectivity index is 0.000000705. The zero-order valence-corrected chi connectivity index (χ0v) is 15.7. The fourth-order valence-corrected chi connectivity index (χ4v) is 2.35. The minimum absolute atomic E-state index is 0.00383. The number of hydrogen-bond acceptors (Lipinski definition) is 5. The minimum Gasteiger partial charge on any atom is -0.485 e. The molecule has 1 aliphatic rings. The summed E-state index contributed by atoms with van der Waals surface area (Å²) in [5.74, 6) is 1.38.